The first kappa shape index (κ1) is 47.1. The van der Waals surface area contributed by atoms with Crippen LogP contribution in [0.15, 0.2) is 142 Å². The summed E-state index contributed by atoms with van der Waals surface area (Å²) in [6.45, 7) is 10.3. The minimum absolute atomic E-state index is 0.0387. The van der Waals surface area contributed by atoms with Crippen LogP contribution in [0.4, 0.5) is 0 Å². The predicted molar refractivity (Wildman–Crippen MR) is 275 cm³/mol. The van der Waals surface area contributed by atoms with Crippen LogP contribution in [0.25, 0.3) is 56.9 Å². The van der Waals surface area contributed by atoms with Gasteiger partial charge in [0.25, 0.3) is 0 Å². The molecule has 2 aromatic heterocycles. The van der Waals surface area contributed by atoms with Gasteiger partial charge in [0.2, 0.25) is 23.6 Å². The molecular formula is C61H56N4O5. The van der Waals surface area contributed by atoms with Gasteiger partial charge in [-0.15, -0.1) is 20.4 Å². The summed E-state index contributed by atoms with van der Waals surface area (Å²) in [5.41, 5.74) is 9.43. The van der Waals surface area contributed by atoms with Crippen molar-refractivity contribution in [3.8, 4) is 92.1 Å². The van der Waals surface area contributed by atoms with E-state index in [0.717, 1.165) is 93.2 Å². The fourth-order valence-electron chi connectivity index (χ4n) is 8.44. The lowest BCUT2D eigenvalue weighted by atomic mass is 10.0. The maximum atomic E-state index is 13.7. The van der Waals surface area contributed by atoms with Crippen molar-refractivity contribution in [2.45, 2.75) is 79.1 Å². The van der Waals surface area contributed by atoms with E-state index in [1.165, 1.54) is 38.5 Å². The molecule has 0 aliphatic heterocycles. The van der Waals surface area contributed by atoms with Crippen molar-refractivity contribution in [2.24, 2.45) is 11.8 Å². The largest absolute Gasteiger partial charge is 0.493 e. The molecule has 0 saturated carbocycles. The van der Waals surface area contributed by atoms with E-state index < -0.39 is 0 Å². The molecule has 9 heteroatoms. The standard InChI is InChI=1S/C61H56N4O5/c1-5-9-11-41(7-3)39-67-51-31-27-49(28-32-51)60-64-62-58(69-60)47-23-17-43(18-24-47)13-15-45-21-35-53-54-36-22-46(38-56(54)57(66)55(53)37-45)16-14-44-19-25-48(26-20-44)59-63-65-61(70-59)50-29-33-52(34-30-50)68-40-42(8-4)12-10-6-2/h17-38,41-42H,5-12,39-40H2,1-4H3. The second kappa shape index (κ2) is 22.4. The Hall–Kier alpha value is -8.01. The molecule has 1 aliphatic rings. The third-order valence-electron chi connectivity index (χ3n) is 12.9. The molecule has 9 nitrogen and oxygen atoms in total. The van der Waals surface area contributed by atoms with Gasteiger partial charge in [0.15, 0.2) is 5.78 Å². The number of hydrogen-bond donors (Lipinski definition) is 0. The number of ketones is 1. The Morgan fingerprint density at radius 1 is 0.429 bits per heavy atom. The zero-order valence-corrected chi connectivity index (χ0v) is 40.3. The van der Waals surface area contributed by atoms with Gasteiger partial charge < -0.3 is 18.3 Å². The number of ether oxygens (including phenoxy) is 2. The van der Waals surface area contributed by atoms with Gasteiger partial charge in [-0.2, -0.15) is 0 Å². The van der Waals surface area contributed by atoms with E-state index >= 15 is 0 Å². The summed E-state index contributed by atoms with van der Waals surface area (Å²) in [5.74, 6) is 17.4. The molecule has 2 unspecified atom stereocenters. The molecule has 8 aromatic rings. The Balaban J connectivity index is 0.787. The minimum Gasteiger partial charge on any atom is -0.493 e. The van der Waals surface area contributed by atoms with E-state index in [1.54, 1.807) is 0 Å². The summed E-state index contributed by atoms with van der Waals surface area (Å²) in [7, 11) is 0. The molecule has 1 aliphatic carbocycles. The van der Waals surface area contributed by atoms with Gasteiger partial charge in [-0.1, -0.05) is 102 Å². The molecule has 9 rings (SSSR count). The number of carbonyl (C=O) groups is 1. The highest BCUT2D eigenvalue weighted by atomic mass is 16.5. The average Bonchev–Trinajstić information content (AvgIpc) is 4.18. The number of nitrogens with zero attached hydrogens (tertiary/aromatic N) is 4. The first-order valence-electron chi connectivity index (χ1n) is 24.6. The first-order chi connectivity index (χ1) is 34.4. The molecule has 2 atom stereocenters. The second-order valence-electron chi connectivity index (χ2n) is 17.8. The van der Waals surface area contributed by atoms with E-state index in [9.17, 15) is 4.79 Å². The molecule has 0 saturated heterocycles. The number of fused-ring (bicyclic) bond motifs is 3. The average molecular weight is 925 g/mol. The Morgan fingerprint density at radius 3 is 1.10 bits per heavy atom. The van der Waals surface area contributed by atoms with Crippen LogP contribution in [-0.2, 0) is 0 Å². The quantitative estimate of drug-likeness (QED) is 0.0776. The molecule has 2 heterocycles. The van der Waals surface area contributed by atoms with Crippen molar-refractivity contribution in [3.05, 3.63) is 167 Å². The van der Waals surface area contributed by atoms with Crippen LogP contribution >= 0.6 is 0 Å². The van der Waals surface area contributed by atoms with Crippen LogP contribution in [0.5, 0.6) is 11.5 Å². The molecule has 0 spiro atoms. The van der Waals surface area contributed by atoms with E-state index in [-0.39, 0.29) is 5.78 Å². The number of unbranched alkanes of at least 4 members (excludes halogenated alkanes) is 2. The van der Waals surface area contributed by atoms with Crippen molar-refractivity contribution in [1.82, 2.24) is 20.4 Å². The summed E-state index contributed by atoms with van der Waals surface area (Å²) in [6.07, 6.45) is 9.47. The zero-order chi connectivity index (χ0) is 48.2. The van der Waals surface area contributed by atoms with Crippen LogP contribution in [0, 0.1) is 35.5 Å². The summed E-state index contributed by atoms with van der Waals surface area (Å²) in [5, 5.41) is 17.2. The maximum Gasteiger partial charge on any atom is 0.248 e. The van der Waals surface area contributed by atoms with E-state index in [2.05, 4.69) is 71.8 Å². The number of carbonyl (C=O) groups excluding carboxylic acids is 1. The zero-order valence-electron chi connectivity index (χ0n) is 40.3. The van der Waals surface area contributed by atoms with Gasteiger partial charge >= 0.3 is 0 Å². The summed E-state index contributed by atoms with van der Waals surface area (Å²) in [6, 6.07) is 42.5. The van der Waals surface area contributed by atoms with Gasteiger partial charge in [0, 0.05) is 55.6 Å². The Bertz CT molecular complexity index is 2970. The molecule has 0 N–H and O–H groups in total. The van der Waals surface area contributed by atoms with Gasteiger partial charge in [0.1, 0.15) is 11.5 Å². The number of rotatable bonds is 18. The molecule has 350 valence electrons. The SMILES string of the molecule is CCCCC(CC)COc1ccc(-c2nnc(-c3ccc(C#Cc4ccc5c(c4)C(=O)c4cc(C#Cc6ccc(-c7nnc(-c8ccc(OCC(CC)CCCC)cc8)o7)cc6)ccc4-5)cc3)o2)cc1. The lowest BCUT2D eigenvalue weighted by Gasteiger charge is -2.15. The fourth-order valence-corrected chi connectivity index (χ4v) is 8.44. The predicted octanol–water partition coefficient (Wildman–Crippen LogP) is 14.3. The molecule has 70 heavy (non-hydrogen) atoms. The van der Waals surface area contributed by atoms with Gasteiger partial charge in [-0.25, -0.2) is 0 Å². The Morgan fingerprint density at radius 2 is 0.757 bits per heavy atom. The first-order valence-corrected chi connectivity index (χ1v) is 24.6. The highest BCUT2D eigenvalue weighted by Gasteiger charge is 2.27. The minimum atomic E-state index is -0.0387. The number of hydrogen-bond acceptors (Lipinski definition) is 9. The maximum absolute atomic E-state index is 13.7. The van der Waals surface area contributed by atoms with Crippen LogP contribution in [0.3, 0.4) is 0 Å². The summed E-state index contributed by atoms with van der Waals surface area (Å²) < 4.78 is 24.2. The van der Waals surface area contributed by atoms with Crippen molar-refractivity contribution >= 4 is 5.78 Å². The Labute approximate surface area is 410 Å². The smallest absolute Gasteiger partial charge is 0.248 e. The third-order valence-corrected chi connectivity index (χ3v) is 12.9. The van der Waals surface area contributed by atoms with Crippen LogP contribution in [0.1, 0.15) is 117 Å². The van der Waals surface area contributed by atoms with Crippen molar-refractivity contribution in [3.63, 3.8) is 0 Å². The van der Waals surface area contributed by atoms with E-state index in [0.29, 0.717) is 46.5 Å². The lowest BCUT2D eigenvalue weighted by Crippen LogP contribution is -2.11. The van der Waals surface area contributed by atoms with Gasteiger partial charge in [0.05, 0.1) is 13.2 Å². The highest BCUT2D eigenvalue weighted by molar-refractivity contribution is 6.22. The normalized spacial score (nSPS) is 12.3. The van der Waals surface area contributed by atoms with Crippen LogP contribution < -0.4 is 9.47 Å². The molecule has 6 aromatic carbocycles. The fraction of sp³-hybridized carbons (Fsp3) is 0.262. The van der Waals surface area contributed by atoms with Crippen LogP contribution in [-0.4, -0.2) is 39.4 Å². The summed E-state index contributed by atoms with van der Waals surface area (Å²) >= 11 is 0. The number of aromatic nitrogens is 4. The second-order valence-corrected chi connectivity index (χ2v) is 17.8. The van der Waals surface area contributed by atoms with Crippen LogP contribution in [0.2, 0.25) is 0 Å². The highest BCUT2D eigenvalue weighted by Crippen LogP contribution is 2.38. The van der Waals surface area contributed by atoms with E-state index in [1.807, 2.05) is 133 Å². The molecule has 0 bridgehead atoms. The van der Waals surface area contributed by atoms with Crippen molar-refractivity contribution < 1.29 is 23.1 Å². The third kappa shape index (κ3) is 11.3. The summed E-state index contributed by atoms with van der Waals surface area (Å²) in [4.78, 5) is 13.7. The van der Waals surface area contributed by atoms with Gasteiger partial charge in [-0.3, -0.25) is 4.79 Å². The lowest BCUT2D eigenvalue weighted by molar-refractivity contribution is 0.104. The molecular weight excluding hydrogens is 869 g/mol. The monoisotopic (exact) mass is 924 g/mol. The Kier molecular flexibility index (Phi) is 15.1. The molecule has 0 fully saturated rings. The number of benzene rings is 6. The van der Waals surface area contributed by atoms with Crippen molar-refractivity contribution in [1.29, 1.82) is 0 Å². The molecule has 0 amide bonds. The van der Waals surface area contributed by atoms with Gasteiger partial charge in [-0.05, 0) is 157 Å². The van der Waals surface area contributed by atoms with Crippen molar-refractivity contribution in [2.75, 3.05) is 13.2 Å². The molecule has 0 radical (unpaired) electrons. The topological polar surface area (TPSA) is 113 Å². The van der Waals surface area contributed by atoms with E-state index in [4.69, 9.17) is 18.3 Å².